The fraction of sp³-hybridized carbons (Fsp3) is 0.500. The van der Waals surface area contributed by atoms with Crippen LogP contribution in [-0.2, 0) is 4.79 Å². The Kier molecular flexibility index (Phi) is 2.42. The zero-order valence-corrected chi connectivity index (χ0v) is 9.53. The second-order valence-corrected chi connectivity index (χ2v) is 5.15. The summed E-state index contributed by atoms with van der Waals surface area (Å²) in [7, 11) is 0. The standard InChI is InChI=1S/C14H15FO2/c15-12-3-1-2-10-11(14(16)17)7-6-9(13(10)12)8-4-5-8/h1-3,8-9,11H,4-7H2,(H,16,17). The van der Waals surface area contributed by atoms with Crippen molar-refractivity contribution >= 4 is 5.97 Å². The Hall–Kier alpha value is -1.38. The molecular weight excluding hydrogens is 219 g/mol. The number of carboxylic acid groups (broad SMARTS) is 1. The number of aliphatic carboxylic acids is 1. The number of carbonyl (C=O) groups is 1. The molecule has 1 fully saturated rings. The molecule has 0 saturated heterocycles. The molecule has 1 N–H and O–H groups in total. The molecule has 2 aliphatic rings. The van der Waals surface area contributed by atoms with Crippen molar-refractivity contribution in [1.29, 1.82) is 0 Å². The van der Waals surface area contributed by atoms with Gasteiger partial charge in [-0.15, -0.1) is 0 Å². The van der Waals surface area contributed by atoms with E-state index in [1.54, 1.807) is 12.1 Å². The van der Waals surface area contributed by atoms with Gasteiger partial charge in [-0.25, -0.2) is 4.39 Å². The SMILES string of the molecule is O=C(O)C1CCC(C2CC2)c2c(F)cccc21. The van der Waals surface area contributed by atoms with Gasteiger partial charge in [0.2, 0.25) is 0 Å². The lowest BCUT2D eigenvalue weighted by Crippen LogP contribution is -2.22. The van der Waals surface area contributed by atoms with Gasteiger partial charge in [-0.05, 0) is 54.7 Å². The summed E-state index contributed by atoms with van der Waals surface area (Å²) in [5.74, 6) is -0.727. The molecular formula is C14H15FO2. The van der Waals surface area contributed by atoms with Gasteiger partial charge < -0.3 is 5.11 Å². The number of benzene rings is 1. The van der Waals surface area contributed by atoms with Crippen molar-refractivity contribution < 1.29 is 14.3 Å². The average molecular weight is 234 g/mol. The molecule has 0 radical (unpaired) electrons. The molecule has 0 spiro atoms. The Morgan fingerprint density at radius 1 is 1.24 bits per heavy atom. The highest BCUT2D eigenvalue weighted by Crippen LogP contribution is 2.51. The average Bonchev–Trinajstić information content (AvgIpc) is 3.11. The highest BCUT2D eigenvalue weighted by Gasteiger charge is 2.40. The fourth-order valence-electron chi connectivity index (χ4n) is 3.12. The van der Waals surface area contributed by atoms with Crippen LogP contribution in [0.15, 0.2) is 18.2 Å². The summed E-state index contributed by atoms with van der Waals surface area (Å²) >= 11 is 0. The van der Waals surface area contributed by atoms with Crippen LogP contribution in [-0.4, -0.2) is 11.1 Å². The fourth-order valence-corrected chi connectivity index (χ4v) is 3.12. The van der Waals surface area contributed by atoms with Gasteiger partial charge in [-0.2, -0.15) is 0 Å². The van der Waals surface area contributed by atoms with Gasteiger partial charge in [-0.1, -0.05) is 12.1 Å². The van der Waals surface area contributed by atoms with E-state index in [0.717, 1.165) is 19.3 Å². The van der Waals surface area contributed by atoms with Crippen LogP contribution in [0.2, 0.25) is 0 Å². The second-order valence-electron chi connectivity index (χ2n) is 5.15. The lowest BCUT2D eigenvalue weighted by molar-refractivity contribution is -0.139. The van der Waals surface area contributed by atoms with Crippen LogP contribution in [0.3, 0.4) is 0 Å². The third-order valence-electron chi connectivity index (χ3n) is 4.09. The molecule has 0 amide bonds. The monoisotopic (exact) mass is 234 g/mol. The molecule has 2 atom stereocenters. The maximum Gasteiger partial charge on any atom is 0.310 e. The zero-order chi connectivity index (χ0) is 12.0. The third kappa shape index (κ3) is 1.74. The molecule has 0 aliphatic heterocycles. The smallest absolute Gasteiger partial charge is 0.310 e. The van der Waals surface area contributed by atoms with E-state index in [2.05, 4.69) is 0 Å². The van der Waals surface area contributed by atoms with Crippen molar-refractivity contribution in [3.05, 3.63) is 35.1 Å². The predicted octanol–water partition coefficient (Wildman–Crippen LogP) is 3.28. The number of hydrogen-bond donors (Lipinski definition) is 1. The van der Waals surface area contributed by atoms with E-state index in [-0.39, 0.29) is 11.7 Å². The summed E-state index contributed by atoms with van der Waals surface area (Å²) in [6.07, 6.45) is 3.79. The van der Waals surface area contributed by atoms with Gasteiger partial charge in [0.1, 0.15) is 5.82 Å². The summed E-state index contributed by atoms with van der Waals surface area (Å²) in [4.78, 5) is 11.2. The minimum Gasteiger partial charge on any atom is -0.481 e. The largest absolute Gasteiger partial charge is 0.481 e. The summed E-state index contributed by atoms with van der Waals surface area (Å²) < 4.78 is 14.0. The van der Waals surface area contributed by atoms with E-state index in [0.29, 0.717) is 23.5 Å². The van der Waals surface area contributed by atoms with E-state index in [9.17, 15) is 14.3 Å². The number of fused-ring (bicyclic) bond motifs is 1. The maximum absolute atomic E-state index is 14.0. The Morgan fingerprint density at radius 3 is 2.65 bits per heavy atom. The summed E-state index contributed by atoms with van der Waals surface area (Å²) in [6, 6.07) is 4.86. The lowest BCUT2D eigenvalue weighted by Gasteiger charge is -2.30. The van der Waals surface area contributed by atoms with Crippen LogP contribution in [0, 0.1) is 11.7 Å². The molecule has 0 aromatic heterocycles. The Balaban J connectivity index is 2.08. The van der Waals surface area contributed by atoms with Gasteiger partial charge in [-0.3, -0.25) is 4.79 Å². The van der Waals surface area contributed by atoms with E-state index >= 15 is 0 Å². The zero-order valence-electron chi connectivity index (χ0n) is 9.53. The van der Waals surface area contributed by atoms with Gasteiger partial charge in [0.05, 0.1) is 5.92 Å². The topological polar surface area (TPSA) is 37.3 Å². The van der Waals surface area contributed by atoms with Crippen LogP contribution in [0.25, 0.3) is 0 Å². The Labute approximate surface area is 99.5 Å². The molecule has 90 valence electrons. The maximum atomic E-state index is 14.0. The van der Waals surface area contributed by atoms with Crippen molar-refractivity contribution in [2.45, 2.75) is 37.5 Å². The third-order valence-corrected chi connectivity index (χ3v) is 4.09. The first kappa shape index (κ1) is 10.8. The van der Waals surface area contributed by atoms with E-state index < -0.39 is 11.9 Å². The first-order valence-electron chi connectivity index (χ1n) is 6.19. The van der Waals surface area contributed by atoms with Crippen molar-refractivity contribution in [3.63, 3.8) is 0 Å². The van der Waals surface area contributed by atoms with E-state index in [1.165, 1.54) is 6.07 Å². The summed E-state index contributed by atoms with van der Waals surface area (Å²) in [5, 5.41) is 9.19. The number of carboxylic acids is 1. The van der Waals surface area contributed by atoms with Crippen molar-refractivity contribution in [3.8, 4) is 0 Å². The molecule has 3 rings (SSSR count). The van der Waals surface area contributed by atoms with Crippen molar-refractivity contribution in [2.75, 3.05) is 0 Å². The first-order valence-corrected chi connectivity index (χ1v) is 6.19. The van der Waals surface area contributed by atoms with Crippen molar-refractivity contribution in [1.82, 2.24) is 0 Å². The van der Waals surface area contributed by atoms with Gasteiger partial charge in [0, 0.05) is 0 Å². The van der Waals surface area contributed by atoms with Crippen LogP contribution in [0.5, 0.6) is 0 Å². The van der Waals surface area contributed by atoms with Crippen LogP contribution in [0.1, 0.15) is 48.6 Å². The highest BCUT2D eigenvalue weighted by molar-refractivity contribution is 5.77. The predicted molar refractivity (Wildman–Crippen MR) is 61.5 cm³/mol. The number of rotatable bonds is 2. The highest BCUT2D eigenvalue weighted by atomic mass is 19.1. The van der Waals surface area contributed by atoms with Crippen LogP contribution >= 0.6 is 0 Å². The minimum atomic E-state index is -0.828. The molecule has 2 unspecified atom stereocenters. The number of halogens is 1. The lowest BCUT2D eigenvalue weighted by atomic mass is 9.74. The Morgan fingerprint density at radius 2 is 2.00 bits per heavy atom. The van der Waals surface area contributed by atoms with Crippen LogP contribution in [0.4, 0.5) is 4.39 Å². The summed E-state index contributed by atoms with van der Waals surface area (Å²) in [6.45, 7) is 0. The van der Waals surface area contributed by atoms with Gasteiger partial charge >= 0.3 is 5.97 Å². The van der Waals surface area contributed by atoms with Gasteiger partial charge in [0.15, 0.2) is 0 Å². The molecule has 3 heteroatoms. The first-order chi connectivity index (χ1) is 8.18. The molecule has 0 heterocycles. The molecule has 1 aromatic carbocycles. The molecule has 1 aromatic rings. The number of hydrogen-bond acceptors (Lipinski definition) is 1. The minimum absolute atomic E-state index is 0.217. The van der Waals surface area contributed by atoms with Crippen molar-refractivity contribution in [2.24, 2.45) is 5.92 Å². The van der Waals surface area contributed by atoms with Gasteiger partial charge in [0.25, 0.3) is 0 Å². The van der Waals surface area contributed by atoms with Crippen LogP contribution < -0.4 is 0 Å². The Bertz CT molecular complexity index is 465. The normalized spacial score (nSPS) is 27.6. The summed E-state index contributed by atoms with van der Waals surface area (Å²) in [5.41, 5.74) is 1.40. The quantitative estimate of drug-likeness (QED) is 0.852. The molecule has 1 saturated carbocycles. The molecule has 2 aliphatic carbocycles. The van der Waals surface area contributed by atoms with E-state index in [1.807, 2.05) is 0 Å². The molecule has 0 bridgehead atoms. The van der Waals surface area contributed by atoms with E-state index in [4.69, 9.17) is 0 Å². The molecule has 2 nitrogen and oxygen atoms in total. The molecule has 17 heavy (non-hydrogen) atoms. The second kappa shape index (κ2) is 3.83.